The van der Waals surface area contributed by atoms with Crippen molar-refractivity contribution in [3.63, 3.8) is 0 Å². The van der Waals surface area contributed by atoms with Crippen LogP contribution in [0.5, 0.6) is 0 Å². The molecule has 0 aromatic heterocycles. The molecule has 0 spiro atoms. The van der Waals surface area contributed by atoms with E-state index in [1.807, 2.05) is 6.92 Å². The maximum absolute atomic E-state index is 11.8. The van der Waals surface area contributed by atoms with Gasteiger partial charge in [-0.1, -0.05) is 20.3 Å². The maximum atomic E-state index is 11.8. The summed E-state index contributed by atoms with van der Waals surface area (Å²) in [5.41, 5.74) is -1.28. The number of hydrogen-bond donors (Lipinski definition) is 3. The summed E-state index contributed by atoms with van der Waals surface area (Å²) in [4.78, 5) is 23.1. The first-order valence-electron chi connectivity index (χ1n) is 6.79. The molecule has 1 saturated heterocycles. The van der Waals surface area contributed by atoms with Gasteiger partial charge in [0.1, 0.15) is 0 Å². The van der Waals surface area contributed by atoms with E-state index in [4.69, 9.17) is 4.74 Å². The normalized spacial score (nSPS) is 25.6. The second-order valence-electron chi connectivity index (χ2n) is 5.44. The third kappa shape index (κ3) is 4.38. The Morgan fingerprint density at radius 1 is 1.42 bits per heavy atom. The smallest absolute Gasteiger partial charge is 0.332 e. The van der Waals surface area contributed by atoms with Crippen molar-refractivity contribution in [1.29, 1.82) is 0 Å². The predicted octanol–water partition coefficient (Wildman–Crippen LogP) is 1.35. The van der Waals surface area contributed by atoms with Crippen LogP contribution in [0.1, 0.15) is 40.0 Å². The van der Waals surface area contributed by atoms with Gasteiger partial charge in [0.2, 0.25) is 0 Å². The number of carbonyl (C=O) groups excluding carboxylic acids is 1. The van der Waals surface area contributed by atoms with Crippen LogP contribution in [0.2, 0.25) is 0 Å². The van der Waals surface area contributed by atoms with Crippen molar-refractivity contribution in [2.75, 3.05) is 13.2 Å². The number of urea groups is 1. The highest BCUT2D eigenvalue weighted by atomic mass is 16.5. The SMILES string of the molecule is CCC(C)CC(C)NC(=O)NC1(C(=O)O)CCOC1. The second kappa shape index (κ2) is 6.75. The Labute approximate surface area is 113 Å². The van der Waals surface area contributed by atoms with E-state index in [1.54, 1.807) is 0 Å². The summed E-state index contributed by atoms with van der Waals surface area (Å²) in [6, 6.07) is -0.424. The second-order valence-corrected chi connectivity index (χ2v) is 5.44. The molecular weight excluding hydrogens is 248 g/mol. The molecule has 0 aromatic carbocycles. The van der Waals surface area contributed by atoms with E-state index in [0.717, 1.165) is 12.8 Å². The summed E-state index contributed by atoms with van der Waals surface area (Å²) < 4.78 is 5.09. The first kappa shape index (κ1) is 15.8. The lowest BCUT2D eigenvalue weighted by molar-refractivity contribution is -0.144. The minimum atomic E-state index is -1.28. The molecule has 2 amide bonds. The van der Waals surface area contributed by atoms with Crippen LogP contribution in [0.15, 0.2) is 0 Å². The van der Waals surface area contributed by atoms with Gasteiger partial charge < -0.3 is 20.5 Å². The molecule has 0 bridgehead atoms. The van der Waals surface area contributed by atoms with E-state index in [-0.39, 0.29) is 12.6 Å². The number of ether oxygens (including phenoxy) is 1. The molecule has 1 fully saturated rings. The standard InChI is InChI=1S/C13H24N2O4/c1-4-9(2)7-10(3)14-12(18)15-13(11(16)17)5-6-19-8-13/h9-10H,4-8H2,1-3H3,(H,16,17)(H2,14,15,18). The van der Waals surface area contributed by atoms with Crippen molar-refractivity contribution in [3.8, 4) is 0 Å². The van der Waals surface area contributed by atoms with Gasteiger partial charge in [0.15, 0.2) is 5.54 Å². The van der Waals surface area contributed by atoms with Crippen molar-refractivity contribution in [1.82, 2.24) is 10.6 Å². The highest BCUT2D eigenvalue weighted by Gasteiger charge is 2.44. The highest BCUT2D eigenvalue weighted by Crippen LogP contribution is 2.19. The number of carboxylic acids is 1. The van der Waals surface area contributed by atoms with Crippen LogP contribution < -0.4 is 10.6 Å². The van der Waals surface area contributed by atoms with Crippen LogP contribution in [0.25, 0.3) is 0 Å². The third-order valence-electron chi connectivity index (χ3n) is 3.61. The van der Waals surface area contributed by atoms with Crippen LogP contribution in [-0.4, -0.2) is 41.9 Å². The van der Waals surface area contributed by atoms with Gasteiger partial charge in [-0.2, -0.15) is 0 Å². The first-order valence-corrected chi connectivity index (χ1v) is 6.79. The number of hydrogen-bond acceptors (Lipinski definition) is 3. The van der Waals surface area contributed by atoms with E-state index >= 15 is 0 Å². The molecule has 1 aliphatic rings. The van der Waals surface area contributed by atoms with Gasteiger partial charge in [-0.05, 0) is 19.3 Å². The molecule has 1 aliphatic heterocycles. The molecule has 3 N–H and O–H groups in total. The Bertz CT molecular complexity index is 327. The maximum Gasteiger partial charge on any atom is 0.332 e. The molecular formula is C13H24N2O4. The van der Waals surface area contributed by atoms with Crippen molar-refractivity contribution in [3.05, 3.63) is 0 Å². The fourth-order valence-electron chi connectivity index (χ4n) is 2.19. The Morgan fingerprint density at radius 3 is 2.58 bits per heavy atom. The molecule has 0 saturated carbocycles. The number of amides is 2. The quantitative estimate of drug-likeness (QED) is 0.681. The number of carbonyl (C=O) groups is 2. The molecule has 0 aliphatic carbocycles. The lowest BCUT2D eigenvalue weighted by Crippen LogP contribution is -2.58. The molecule has 1 rings (SSSR count). The van der Waals surface area contributed by atoms with Crippen LogP contribution in [0.4, 0.5) is 4.79 Å². The Kier molecular flexibility index (Phi) is 5.60. The molecule has 6 heteroatoms. The molecule has 1 heterocycles. The summed E-state index contributed by atoms with van der Waals surface area (Å²) in [6.07, 6.45) is 2.23. The molecule has 3 atom stereocenters. The van der Waals surface area contributed by atoms with Crippen LogP contribution in [0, 0.1) is 5.92 Å². The van der Waals surface area contributed by atoms with Crippen molar-refractivity contribution >= 4 is 12.0 Å². The zero-order valence-corrected chi connectivity index (χ0v) is 11.9. The van der Waals surface area contributed by atoms with E-state index in [2.05, 4.69) is 24.5 Å². The summed E-state index contributed by atoms with van der Waals surface area (Å²) >= 11 is 0. The Hall–Kier alpha value is -1.30. The summed E-state index contributed by atoms with van der Waals surface area (Å²) in [7, 11) is 0. The monoisotopic (exact) mass is 272 g/mol. The fourth-order valence-corrected chi connectivity index (χ4v) is 2.19. The zero-order chi connectivity index (χ0) is 14.5. The first-order chi connectivity index (χ1) is 8.89. The Balaban J connectivity index is 2.47. The largest absolute Gasteiger partial charge is 0.479 e. The van der Waals surface area contributed by atoms with Crippen molar-refractivity contribution in [2.24, 2.45) is 5.92 Å². The van der Waals surface area contributed by atoms with Gasteiger partial charge in [-0.15, -0.1) is 0 Å². The van der Waals surface area contributed by atoms with E-state index < -0.39 is 17.5 Å². The van der Waals surface area contributed by atoms with Crippen molar-refractivity contribution in [2.45, 2.75) is 51.6 Å². The van der Waals surface area contributed by atoms with Gasteiger partial charge in [-0.3, -0.25) is 0 Å². The third-order valence-corrected chi connectivity index (χ3v) is 3.61. The zero-order valence-electron chi connectivity index (χ0n) is 11.9. The molecule has 110 valence electrons. The molecule has 0 aromatic rings. The number of aliphatic carboxylic acids is 1. The molecule has 3 unspecified atom stereocenters. The average Bonchev–Trinajstić information content (AvgIpc) is 2.78. The van der Waals surface area contributed by atoms with E-state index in [0.29, 0.717) is 18.9 Å². The summed E-state index contributed by atoms with van der Waals surface area (Å²) in [6.45, 7) is 6.53. The summed E-state index contributed by atoms with van der Waals surface area (Å²) in [5.74, 6) is -0.520. The van der Waals surface area contributed by atoms with Gasteiger partial charge >= 0.3 is 12.0 Å². The van der Waals surface area contributed by atoms with Gasteiger partial charge in [0.25, 0.3) is 0 Å². The summed E-state index contributed by atoms with van der Waals surface area (Å²) in [5, 5.41) is 14.5. The minimum absolute atomic E-state index is 0.0168. The van der Waals surface area contributed by atoms with Crippen LogP contribution in [0.3, 0.4) is 0 Å². The molecule has 0 radical (unpaired) electrons. The highest BCUT2D eigenvalue weighted by molar-refractivity contribution is 5.86. The molecule has 6 nitrogen and oxygen atoms in total. The van der Waals surface area contributed by atoms with Gasteiger partial charge in [0.05, 0.1) is 6.61 Å². The Morgan fingerprint density at radius 2 is 2.11 bits per heavy atom. The lowest BCUT2D eigenvalue weighted by atomic mass is 9.99. The fraction of sp³-hybridized carbons (Fsp3) is 0.846. The number of carboxylic acid groups (broad SMARTS) is 1. The number of rotatable bonds is 6. The predicted molar refractivity (Wildman–Crippen MR) is 71.0 cm³/mol. The minimum Gasteiger partial charge on any atom is -0.479 e. The van der Waals surface area contributed by atoms with E-state index in [9.17, 15) is 14.7 Å². The van der Waals surface area contributed by atoms with E-state index in [1.165, 1.54) is 0 Å². The van der Waals surface area contributed by atoms with Crippen molar-refractivity contribution < 1.29 is 19.4 Å². The molecule has 19 heavy (non-hydrogen) atoms. The van der Waals surface area contributed by atoms with Crippen LogP contribution in [-0.2, 0) is 9.53 Å². The average molecular weight is 272 g/mol. The number of nitrogens with one attached hydrogen (secondary N) is 2. The topological polar surface area (TPSA) is 87.7 Å². The van der Waals surface area contributed by atoms with Crippen LogP contribution >= 0.6 is 0 Å². The van der Waals surface area contributed by atoms with Gasteiger partial charge in [0, 0.05) is 19.1 Å². The van der Waals surface area contributed by atoms with Gasteiger partial charge in [-0.25, -0.2) is 9.59 Å². The lowest BCUT2D eigenvalue weighted by Gasteiger charge is -2.25.